The van der Waals surface area contributed by atoms with E-state index in [9.17, 15) is 9.90 Å². The average Bonchev–Trinajstić information content (AvgIpc) is 2.20. The molecule has 1 aromatic rings. The van der Waals surface area contributed by atoms with E-state index >= 15 is 0 Å². The molecule has 0 saturated carbocycles. The van der Waals surface area contributed by atoms with Gasteiger partial charge in [-0.1, -0.05) is 11.6 Å². The van der Waals surface area contributed by atoms with Gasteiger partial charge in [-0.05, 0) is 17.6 Å². The second-order valence-electron chi connectivity index (χ2n) is 2.85. The first kappa shape index (κ1) is 11.8. The molecule has 0 aliphatic heterocycles. The van der Waals surface area contributed by atoms with Gasteiger partial charge in [-0.25, -0.2) is 0 Å². The van der Waals surface area contributed by atoms with Crippen molar-refractivity contribution in [2.45, 2.75) is 0 Å². The number of nitrogens with one attached hydrogen (secondary N) is 1. The van der Waals surface area contributed by atoms with Crippen molar-refractivity contribution in [1.82, 2.24) is 5.32 Å². The van der Waals surface area contributed by atoms with Crippen LogP contribution >= 0.6 is 11.6 Å². The lowest BCUT2D eigenvalue weighted by atomic mass is 9.79. The van der Waals surface area contributed by atoms with Gasteiger partial charge in [0.2, 0.25) is 0 Å². The van der Waals surface area contributed by atoms with E-state index in [1.165, 1.54) is 13.1 Å². The topological polar surface area (TPSA) is 89.8 Å². The number of carbonyl (C=O) groups is 1. The Bertz CT molecular complexity index is 396. The third-order valence-corrected chi connectivity index (χ3v) is 2.14. The van der Waals surface area contributed by atoms with Crippen molar-refractivity contribution in [3.05, 3.63) is 22.7 Å². The van der Waals surface area contributed by atoms with E-state index in [0.717, 1.165) is 6.07 Å². The highest BCUT2D eigenvalue weighted by molar-refractivity contribution is 6.59. The minimum Gasteiger partial charge on any atom is -0.506 e. The molecule has 0 saturated heterocycles. The molecule has 4 N–H and O–H groups in total. The van der Waals surface area contributed by atoms with Crippen LogP contribution in [0.4, 0.5) is 0 Å². The van der Waals surface area contributed by atoms with E-state index < -0.39 is 13.0 Å². The van der Waals surface area contributed by atoms with Crippen molar-refractivity contribution in [1.29, 1.82) is 0 Å². The lowest BCUT2D eigenvalue weighted by molar-refractivity contribution is 0.0960. The first-order chi connectivity index (χ1) is 6.97. The zero-order chi connectivity index (χ0) is 11.6. The first-order valence-electron chi connectivity index (χ1n) is 4.08. The zero-order valence-corrected chi connectivity index (χ0v) is 8.62. The van der Waals surface area contributed by atoms with Crippen LogP contribution in [0.25, 0.3) is 0 Å². The summed E-state index contributed by atoms with van der Waals surface area (Å²) in [6.07, 6.45) is 0. The Hall–Kier alpha value is -1.24. The average molecular weight is 229 g/mol. The van der Waals surface area contributed by atoms with Crippen LogP contribution in [0.15, 0.2) is 12.1 Å². The Balaban J connectivity index is 3.31. The van der Waals surface area contributed by atoms with E-state index in [1.54, 1.807) is 0 Å². The number of rotatable bonds is 2. The molecule has 0 bridgehead atoms. The molecule has 7 heteroatoms. The normalized spacial score (nSPS) is 9.87. The molecule has 1 rings (SSSR count). The summed E-state index contributed by atoms with van der Waals surface area (Å²) in [5, 5.41) is 29.4. The van der Waals surface area contributed by atoms with Gasteiger partial charge in [-0.2, -0.15) is 0 Å². The Morgan fingerprint density at radius 1 is 1.47 bits per heavy atom. The molecular formula is C8H9BClNO4. The Morgan fingerprint density at radius 3 is 2.53 bits per heavy atom. The second kappa shape index (κ2) is 4.52. The summed E-state index contributed by atoms with van der Waals surface area (Å²) in [6, 6.07) is 2.33. The van der Waals surface area contributed by atoms with Crippen molar-refractivity contribution in [2.75, 3.05) is 7.05 Å². The molecule has 0 aliphatic carbocycles. The number of hydrogen-bond donors (Lipinski definition) is 4. The van der Waals surface area contributed by atoms with Crippen molar-refractivity contribution >= 4 is 30.1 Å². The van der Waals surface area contributed by atoms with E-state index in [2.05, 4.69) is 5.32 Å². The van der Waals surface area contributed by atoms with Crippen molar-refractivity contribution in [3.8, 4) is 5.75 Å². The molecule has 0 fully saturated rings. The van der Waals surface area contributed by atoms with Crippen LogP contribution in [0.2, 0.25) is 5.02 Å². The third-order valence-electron chi connectivity index (χ3n) is 1.86. The van der Waals surface area contributed by atoms with Gasteiger partial charge < -0.3 is 20.5 Å². The number of phenolic OH excluding ortho intramolecular Hbond substituents is 1. The van der Waals surface area contributed by atoms with E-state index in [-0.39, 0.29) is 21.8 Å². The molecule has 0 aromatic heterocycles. The molecule has 80 valence electrons. The summed E-state index contributed by atoms with van der Waals surface area (Å²) in [6.45, 7) is 0. The molecule has 5 nitrogen and oxygen atoms in total. The molecule has 15 heavy (non-hydrogen) atoms. The highest BCUT2D eigenvalue weighted by Gasteiger charge is 2.19. The van der Waals surface area contributed by atoms with Crippen LogP contribution < -0.4 is 10.8 Å². The number of carbonyl (C=O) groups excluding carboxylic acids is 1. The summed E-state index contributed by atoms with van der Waals surface area (Å²) in [5.41, 5.74) is -0.0653. The van der Waals surface area contributed by atoms with Crippen LogP contribution in [0, 0.1) is 0 Å². The van der Waals surface area contributed by atoms with Crippen molar-refractivity contribution < 1.29 is 19.9 Å². The molecule has 0 radical (unpaired) electrons. The molecule has 0 atom stereocenters. The maximum Gasteiger partial charge on any atom is 0.488 e. The van der Waals surface area contributed by atoms with Gasteiger partial charge in [0.15, 0.2) is 0 Å². The highest BCUT2D eigenvalue weighted by Crippen LogP contribution is 2.25. The lowest BCUT2D eigenvalue weighted by Crippen LogP contribution is -2.31. The number of benzene rings is 1. The van der Waals surface area contributed by atoms with Crippen LogP contribution in [0.3, 0.4) is 0 Å². The fourth-order valence-electron chi connectivity index (χ4n) is 1.08. The van der Waals surface area contributed by atoms with Crippen molar-refractivity contribution in [2.24, 2.45) is 0 Å². The quantitative estimate of drug-likeness (QED) is 0.494. The molecule has 0 unspecified atom stereocenters. The molecule has 0 aliphatic rings. The molecule has 1 aromatic carbocycles. The van der Waals surface area contributed by atoms with Gasteiger partial charge >= 0.3 is 7.12 Å². The number of amides is 1. The maximum atomic E-state index is 11.3. The maximum absolute atomic E-state index is 11.3. The minimum atomic E-state index is -1.74. The van der Waals surface area contributed by atoms with Crippen molar-refractivity contribution in [3.63, 3.8) is 0 Å². The van der Waals surface area contributed by atoms with E-state index in [1.807, 2.05) is 0 Å². The summed E-state index contributed by atoms with van der Waals surface area (Å²) in [4.78, 5) is 11.3. The first-order valence-corrected chi connectivity index (χ1v) is 4.45. The summed E-state index contributed by atoms with van der Waals surface area (Å²) >= 11 is 5.61. The second-order valence-corrected chi connectivity index (χ2v) is 3.26. The highest BCUT2D eigenvalue weighted by atomic mass is 35.5. The standard InChI is InChI=1S/C8H9BClNO4/c1-11-8(13)5-2-4(9(14)15)3-6(10)7(5)12/h2-3,12,14-15H,1H3,(H,11,13). The number of hydrogen-bond acceptors (Lipinski definition) is 4. The Labute approximate surface area is 91.5 Å². The Morgan fingerprint density at radius 2 is 2.07 bits per heavy atom. The predicted molar refractivity (Wildman–Crippen MR) is 56.3 cm³/mol. The molecule has 0 spiro atoms. The number of halogens is 1. The largest absolute Gasteiger partial charge is 0.506 e. The molecule has 0 heterocycles. The fourth-order valence-corrected chi connectivity index (χ4v) is 1.30. The van der Waals surface area contributed by atoms with Crippen LogP contribution in [-0.4, -0.2) is 35.2 Å². The van der Waals surface area contributed by atoms with Gasteiger partial charge in [0.05, 0.1) is 10.6 Å². The van der Waals surface area contributed by atoms with Gasteiger partial charge in [0, 0.05) is 7.05 Å². The lowest BCUT2D eigenvalue weighted by Gasteiger charge is -2.08. The van der Waals surface area contributed by atoms with Crippen LogP contribution in [0.1, 0.15) is 10.4 Å². The predicted octanol–water partition coefficient (Wildman–Crippen LogP) is -0.915. The van der Waals surface area contributed by atoms with Crippen LogP contribution in [-0.2, 0) is 0 Å². The molecular weight excluding hydrogens is 220 g/mol. The van der Waals surface area contributed by atoms with Crippen LogP contribution in [0.5, 0.6) is 5.75 Å². The van der Waals surface area contributed by atoms with Gasteiger partial charge in [-0.15, -0.1) is 0 Å². The summed E-state index contributed by atoms with van der Waals surface area (Å²) in [7, 11) is -0.357. The number of aromatic hydroxyl groups is 1. The Kier molecular flexibility index (Phi) is 3.57. The van der Waals surface area contributed by atoms with Gasteiger partial charge in [-0.3, -0.25) is 4.79 Å². The molecule has 1 amide bonds. The fraction of sp³-hybridized carbons (Fsp3) is 0.125. The summed E-state index contributed by atoms with van der Waals surface area (Å²) < 4.78 is 0. The minimum absolute atomic E-state index is 0.0383. The SMILES string of the molecule is CNC(=O)c1cc(B(O)O)cc(Cl)c1O. The summed E-state index contributed by atoms with van der Waals surface area (Å²) in [5.74, 6) is -0.947. The van der Waals surface area contributed by atoms with E-state index in [0.29, 0.717) is 0 Å². The monoisotopic (exact) mass is 229 g/mol. The van der Waals surface area contributed by atoms with Gasteiger partial charge in [0.1, 0.15) is 5.75 Å². The van der Waals surface area contributed by atoms with E-state index in [4.69, 9.17) is 21.6 Å². The smallest absolute Gasteiger partial charge is 0.488 e. The third kappa shape index (κ3) is 2.41. The number of phenols is 1. The van der Waals surface area contributed by atoms with Gasteiger partial charge in [0.25, 0.3) is 5.91 Å². The zero-order valence-electron chi connectivity index (χ0n) is 7.86.